The highest BCUT2D eigenvalue weighted by molar-refractivity contribution is 5.45. The van der Waals surface area contributed by atoms with Gasteiger partial charge in [0.1, 0.15) is 0 Å². The molecular formula is C13H9F4N. The maximum atomic E-state index is 13.3. The molecule has 0 radical (unpaired) electrons. The summed E-state index contributed by atoms with van der Waals surface area (Å²) in [6.45, 7) is 0.0670. The Morgan fingerprint density at radius 1 is 0.833 bits per heavy atom. The van der Waals surface area contributed by atoms with Gasteiger partial charge in [0.2, 0.25) is 0 Å². The lowest BCUT2D eigenvalue weighted by Crippen LogP contribution is -2.03. The van der Waals surface area contributed by atoms with Crippen LogP contribution in [0, 0.1) is 23.3 Å². The number of benzene rings is 2. The molecule has 0 amide bonds. The third-order valence-electron chi connectivity index (χ3n) is 2.42. The highest BCUT2D eigenvalue weighted by Gasteiger charge is 2.07. The van der Waals surface area contributed by atoms with Crippen molar-refractivity contribution < 1.29 is 17.6 Å². The highest BCUT2D eigenvalue weighted by atomic mass is 19.2. The summed E-state index contributed by atoms with van der Waals surface area (Å²) in [5, 5.41) is 2.61. The van der Waals surface area contributed by atoms with Crippen molar-refractivity contribution in [1.29, 1.82) is 0 Å². The molecule has 0 aromatic heterocycles. The predicted molar refractivity (Wildman–Crippen MR) is 60.0 cm³/mol. The molecule has 2 rings (SSSR count). The molecule has 94 valence electrons. The van der Waals surface area contributed by atoms with Crippen LogP contribution in [0.15, 0.2) is 36.4 Å². The first-order valence-electron chi connectivity index (χ1n) is 5.20. The van der Waals surface area contributed by atoms with Crippen LogP contribution in [0.5, 0.6) is 0 Å². The van der Waals surface area contributed by atoms with Gasteiger partial charge in [-0.1, -0.05) is 12.1 Å². The summed E-state index contributed by atoms with van der Waals surface area (Å²) in [5.41, 5.74) is 0.400. The van der Waals surface area contributed by atoms with Gasteiger partial charge >= 0.3 is 0 Å². The van der Waals surface area contributed by atoms with Gasteiger partial charge in [0.05, 0.1) is 5.69 Å². The van der Waals surface area contributed by atoms with Crippen LogP contribution in [0.25, 0.3) is 0 Å². The van der Waals surface area contributed by atoms with Crippen LogP contribution < -0.4 is 5.32 Å². The molecule has 5 heteroatoms. The zero-order valence-electron chi connectivity index (χ0n) is 9.18. The van der Waals surface area contributed by atoms with Crippen LogP contribution in [-0.4, -0.2) is 0 Å². The van der Waals surface area contributed by atoms with Crippen LogP contribution in [0.2, 0.25) is 0 Å². The molecule has 0 spiro atoms. The molecule has 0 saturated carbocycles. The molecule has 0 aliphatic rings. The van der Waals surface area contributed by atoms with E-state index in [9.17, 15) is 17.6 Å². The Labute approximate surface area is 101 Å². The molecule has 0 saturated heterocycles. The van der Waals surface area contributed by atoms with E-state index in [0.29, 0.717) is 5.56 Å². The fourth-order valence-electron chi connectivity index (χ4n) is 1.49. The van der Waals surface area contributed by atoms with Crippen LogP contribution in [-0.2, 0) is 6.54 Å². The van der Waals surface area contributed by atoms with Gasteiger partial charge in [-0.05, 0) is 29.8 Å². The topological polar surface area (TPSA) is 12.0 Å². The van der Waals surface area contributed by atoms with Crippen molar-refractivity contribution in [2.24, 2.45) is 0 Å². The Morgan fingerprint density at radius 3 is 2.33 bits per heavy atom. The summed E-state index contributed by atoms with van der Waals surface area (Å²) in [4.78, 5) is 0. The van der Waals surface area contributed by atoms with Crippen molar-refractivity contribution in [3.05, 3.63) is 65.2 Å². The molecule has 2 aromatic carbocycles. The van der Waals surface area contributed by atoms with E-state index in [2.05, 4.69) is 5.32 Å². The maximum Gasteiger partial charge on any atom is 0.181 e. The number of halogens is 4. The van der Waals surface area contributed by atoms with Crippen LogP contribution >= 0.6 is 0 Å². The minimum absolute atomic E-state index is 0.0280. The van der Waals surface area contributed by atoms with Gasteiger partial charge in [-0.25, -0.2) is 17.6 Å². The van der Waals surface area contributed by atoms with Gasteiger partial charge in [0.15, 0.2) is 23.3 Å². The lowest BCUT2D eigenvalue weighted by molar-refractivity contribution is 0.506. The first-order valence-corrected chi connectivity index (χ1v) is 5.20. The van der Waals surface area contributed by atoms with E-state index in [1.165, 1.54) is 18.2 Å². The Balaban J connectivity index is 2.11. The smallest absolute Gasteiger partial charge is 0.181 e. The average molecular weight is 255 g/mol. The minimum Gasteiger partial charge on any atom is -0.379 e. The van der Waals surface area contributed by atoms with Crippen LogP contribution in [0.1, 0.15) is 5.56 Å². The standard InChI is InChI=1S/C13H9F4N/c14-9-5-4-8(6-11(9)16)7-18-12-3-1-2-10(15)13(12)17/h1-6,18H,7H2. The number of rotatable bonds is 3. The SMILES string of the molecule is Fc1ccc(CNc2cccc(F)c2F)cc1F. The fraction of sp³-hybridized carbons (Fsp3) is 0.0769. The Hall–Kier alpha value is -2.04. The van der Waals surface area contributed by atoms with Crippen molar-refractivity contribution in [2.45, 2.75) is 6.54 Å². The van der Waals surface area contributed by atoms with Gasteiger partial charge in [-0.15, -0.1) is 0 Å². The third kappa shape index (κ3) is 2.61. The predicted octanol–water partition coefficient (Wildman–Crippen LogP) is 3.86. The molecule has 1 nitrogen and oxygen atoms in total. The second-order valence-corrected chi connectivity index (χ2v) is 3.70. The normalized spacial score (nSPS) is 10.4. The molecule has 0 aliphatic heterocycles. The lowest BCUT2D eigenvalue weighted by Gasteiger charge is -2.08. The Bertz CT molecular complexity index is 569. The number of hydrogen-bond donors (Lipinski definition) is 1. The second-order valence-electron chi connectivity index (χ2n) is 3.70. The molecule has 0 atom stereocenters. The van der Waals surface area contributed by atoms with E-state index in [4.69, 9.17) is 0 Å². The molecular weight excluding hydrogens is 246 g/mol. The Kier molecular flexibility index (Phi) is 3.50. The summed E-state index contributed by atoms with van der Waals surface area (Å²) >= 11 is 0. The number of hydrogen-bond acceptors (Lipinski definition) is 1. The summed E-state index contributed by atoms with van der Waals surface area (Å²) in [6, 6.07) is 7.05. The largest absolute Gasteiger partial charge is 0.379 e. The van der Waals surface area contributed by atoms with Crippen molar-refractivity contribution >= 4 is 5.69 Å². The summed E-state index contributed by atoms with van der Waals surface area (Å²) in [6.07, 6.45) is 0. The van der Waals surface area contributed by atoms with E-state index < -0.39 is 23.3 Å². The Morgan fingerprint density at radius 2 is 1.61 bits per heavy atom. The molecule has 0 heterocycles. The molecule has 18 heavy (non-hydrogen) atoms. The highest BCUT2D eigenvalue weighted by Crippen LogP contribution is 2.18. The van der Waals surface area contributed by atoms with Crippen molar-refractivity contribution in [2.75, 3.05) is 5.32 Å². The van der Waals surface area contributed by atoms with E-state index >= 15 is 0 Å². The van der Waals surface area contributed by atoms with Gasteiger partial charge in [-0.2, -0.15) is 0 Å². The van der Waals surface area contributed by atoms with Gasteiger partial charge < -0.3 is 5.32 Å². The van der Waals surface area contributed by atoms with Crippen molar-refractivity contribution in [3.8, 4) is 0 Å². The fourth-order valence-corrected chi connectivity index (χ4v) is 1.49. The zero-order chi connectivity index (χ0) is 13.1. The van der Waals surface area contributed by atoms with Crippen LogP contribution in [0.3, 0.4) is 0 Å². The van der Waals surface area contributed by atoms with Crippen molar-refractivity contribution in [1.82, 2.24) is 0 Å². The lowest BCUT2D eigenvalue weighted by atomic mass is 10.2. The maximum absolute atomic E-state index is 13.3. The van der Waals surface area contributed by atoms with Gasteiger partial charge in [-0.3, -0.25) is 0 Å². The second kappa shape index (κ2) is 5.08. The summed E-state index contributed by atoms with van der Waals surface area (Å²) in [7, 11) is 0. The average Bonchev–Trinajstić information content (AvgIpc) is 2.35. The quantitative estimate of drug-likeness (QED) is 0.821. The molecule has 1 N–H and O–H groups in total. The molecule has 0 unspecified atom stereocenters. The zero-order valence-corrected chi connectivity index (χ0v) is 9.18. The van der Waals surface area contributed by atoms with E-state index in [-0.39, 0.29) is 12.2 Å². The molecule has 2 aromatic rings. The van der Waals surface area contributed by atoms with Crippen molar-refractivity contribution in [3.63, 3.8) is 0 Å². The first-order chi connectivity index (χ1) is 8.58. The number of nitrogens with one attached hydrogen (secondary N) is 1. The molecule has 0 aliphatic carbocycles. The van der Waals surface area contributed by atoms with E-state index in [1.54, 1.807) is 0 Å². The van der Waals surface area contributed by atoms with Crippen LogP contribution in [0.4, 0.5) is 23.2 Å². The van der Waals surface area contributed by atoms with E-state index in [1.807, 2.05) is 0 Å². The third-order valence-corrected chi connectivity index (χ3v) is 2.42. The van der Waals surface area contributed by atoms with Gasteiger partial charge in [0.25, 0.3) is 0 Å². The molecule has 0 bridgehead atoms. The van der Waals surface area contributed by atoms with Gasteiger partial charge in [0, 0.05) is 6.54 Å². The summed E-state index contributed by atoms with van der Waals surface area (Å²) < 4.78 is 51.8. The first kappa shape index (κ1) is 12.4. The number of anilines is 1. The molecule has 0 fully saturated rings. The van der Waals surface area contributed by atoms with E-state index in [0.717, 1.165) is 18.2 Å². The summed E-state index contributed by atoms with van der Waals surface area (Å²) in [5.74, 6) is -3.89. The monoisotopic (exact) mass is 255 g/mol. The minimum atomic E-state index is -1.000.